The Morgan fingerprint density at radius 3 is 2.31 bits per heavy atom. The second-order valence-corrected chi connectivity index (χ2v) is 7.62. The number of nitriles is 1. The lowest BCUT2D eigenvalue weighted by molar-refractivity contribution is -0.124. The summed E-state index contributed by atoms with van der Waals surface area (Å²) in [7, 11) is 0. The highest BCUT2D eigenvalue weighted by Gasteiger charge is 2.22. The summed E-state index contributed by atoms with van der Waals surface area (Å²) in [5, 5.41) is 24.5. The van der Waals surface area contributed by atoms with Gasteiger partial charge in [-0.3, -0.25) is 4.79 Å². The van der Waals surface area contributed by atoms with E-state index < -0.39 is 6.04 Å². The largest absolute Gasteiger partial charge is 0.396 e. The molecule has 1 aliphatic rings. The monoisotopic (exact) mass is 391 g/mol. The Bertz CT molecular complexity index is 819. The molecule has 0 saturated carbocycles. The van der Waals surface area contributed by atoms with E-state index in [2.05, 4.69) is 53.1 Å². The highest BCUT2D eigenvalue weighted by molar-refractivity contribution is 5.82. The number of hydrogen-bond acceptors (Lipinski definition) is 4. The lowest BCUT2D eigenvalue weighted by Gasteiger charge is -2.23. The molecule has 5 heteroatoms. The second-order valence-electron chi connectivity index (χ2n) is 7.62. The zero-order valence-corrected chi connectivity index (χ0v) is 16.7. The van der Waals surface area contributed by atoms with Crippen molar-refractivity contribution in [3.63, 3.8) is 0 Å². The minimum atomic E-state index is -0.525. The number of nitrogens with one attached hydrogen (secondary N) is 2. The Morgan fingerprint density at radius 1 is 1.10 bits per heavy atom. The van der Waals surface area contributed by atoms with Crippen molar-refractivity contribution >= 4 is 5.91 Å². The predicted octanol–water partition coefficient (Wildman–Crippen LogP) is 2.97. The van der Waals surface area contributed by atoms with Gasteiger partial charge in [0.1, 0.15) is 6.04 Å². The van der Waals surface area contributed by atoms with Crippen LogP contribution in [0.4, 0.5) is 0 Å². The van der Waals surface area contributed by atoms with Crippen molar-refractivity contribution in [3.8, 4) is 17.2 Å². The summed E-state index contributed by atoms with van der Waals surface area (Å²) in [5.74, 6) is -0.0749. The van der Waals surface area contributed by atoms with Crippen LogP contribution >= 0.6 is 0 Å². The first-order chi connectivity index (χ1) is 14.2. The number of carbonyl (C=O) groups excluding carboxylic acids is 1. The maximum Gasteiger partial charge on any atom is 0.238 e. The second kappa shape index (κ2) is 10.8. The third kappa shape index (κ3) is 6.15. The van der Waals surface area contributed by atoms with Gasteiger partial charge in [-0.05, 0) is 54.5 Å². The summed E-state index contributed by atoms with van der Waals surface area (Å²) in [6.45, 7) is 1.07. The zero-order valence-electron chi connectivity index (χ0n) is 16.7. The fraction of sp³-hybridized carbons (Fsp3) is 0.417. The average Bonchev–Trinajstić information content (AvgIpc) is 2.78. The number of aliphatic hydroxyl groups is 1. The standard InChI is InChI=1S/C24H29N3O2/c25-17-22(27-24(29)23-5-1-2-14-26-23)16-19-8-12-21(13-9-19)20-10-6-18(7-11-20)4-3-15-28/h6-13,22-23,26,28H,1-5,14-16H2,(H,27,29)/t22-,23-/m0/s1. The molecule has 1 saturated heterocycles. The predicted molar refractivity (Wildman–Crippen MR) is 114 cm³/mol. The fourth-order valence-electron chi connectivity index (χ4n) is 3.69. The average molecular weight is 392 g/mol. The molecule has 0 aliphatic carbocycles. The Hall–Kier alpha value is -2.68. The molecule has 1 amide bonds. The van der Waals surface area contributed by atoms with Crippen LogP contribution in [0.3, 0.4) is 0 Å². The van der Waals surface area contributed by atoms with Crippen molar-refractivity contribution < 1.29 is 9.90 Å². The molecule has 2 aromatic rings. The Labute approximate surface area is 172 Å². The van der Waals surface area contributed by atoms with Crippen molar-refractivity contribution in [2.24, 2.45) is 0 Å². The molecule has 3 N–H and O–H groups in total. The normalized spacial score (nSPS) is 17.3. The van der Waals surface area contributed by atoms with Gasteiger partial charge in [0.05, 0.1) is 12.1 Å². The number of piperidine rings is 1. The van der Waals surface area contributed by atoms with Crippen LogP contribution in [0.25, 0.3) is 11.1 Å². The molecule has 1 aliphatic heterocycles. The van der Waals surface area contributed by atoms with Crippen LogP contribution in [0.2, 0.25) is 0 Å². The van der Waals surface area contributed by atoms with Crippen molar-refractivity contribution in [2.45, 2.75) is 50.6 Å². The van der Waals surface area contributed by atoms with E-state index in [1.54, 1.807) is 0 Å². The molecular formula is C24H29N3O2. The summed E-state index contributed by atoms with van der Waals surface area (Å²) < 4.78 is 0. The molecule has 3 rings (SSSR count). The van der Waals surface area contributed by atoms with Crippen LogP contribution in [0.5, 0.6) is 0 Å². The van der Waals surface area contributed by atoms with Gasteiger partial charge in [-0.15, -0.1) is 0 Å². The van der Waals surface area contributed by atoms with Crippen LogP contribution in [-0.4, -0.2) is 36.2 Å². The SMILES string of the molecule is N#C[C@H](Cc1ccc(-c2ccc(CCCO)cc2)cc1)NC(=O)[C@@H]1CCCCN1. The smallest absolute Gasteiger partial charge is 0.238 e. The summed E-state index contributed by atoms with van der Waals surface area (Å²) >= 11 is 0. The highest BCUT2D eigenvalue weighted by atomic mass is 16.2. The van der Waals surface area contributed by atoms with Gasteiger partial charge in [-0.2, -0.15) is 5.26 Å². The van der Waals surface area contributed by atoms with Gasteiger partial charge in [0.15, 0.2) is 0 Å². The van der Waals surface area contributed by atoms with E-state index in [0.717, 1.165) is 55.3 Å². The minimum Gasteiger partial charge on any atom is -0.396 e. The van der Waals surface area contributed by atoms with E-state index in [4.69, 9.17) is 5.11 Å². The van der Waals surface area contributed by atoms with Gasteiger partial charge in [0.25, 0.3) is 0 Å². The van der Waals surface area contributed by atoms with Gasteiger partial charge in [-0.25, -0.2) is 0 Å². The minimum absolute atomic E-state index is 0.0749. The van der Waals surface area contributed by atoms with Gasteiger partial charge in [0, 0.05) is 13.0 Å². The van der Waals surface area contributed by atoms with Gasteiger partial charge >= 0.3 is 0 Å². The molecule has 5 nitrogen and oxygen atoms in total. The van der Waals surface area contributed by atoms with Gasteiger partial charge in [0.2, 0.25) is 5.91 Å². The van der Waals surface area contributed by atoms with E-state index in [-0.39, 0.29) is 18.6 Å². The summed E-state index contributed by atoms with van der Waals surface area (Å²) in [5.41, 5.74) is 4.50. The van der Waals surface area contributed by atoms with Crippen molar-refractivity contribution in [1.29, 1.82) is 5.26 Å². The molecular weight excluding hydrogens is 362 g/mol. The van der Waals surface area contributed by atoms with Crippen LogP contribution in [0.1, 0.15) is 36.8 Å². The van der Waals surface area contributed by atoms with E-state index in [1.165, 1.54) is 5.56 Å². The molecule has 0 bridgehead atoms. The number of benzene rings is 2. The number of hydrogen-bond donors (Lipinski definition) is 3. The highest BCUT2D eigenvalue weighted by Crippen LogP contribution is 2.21. The molecule has 0 aromatic heterocycles. The molecule has 1 heterocycles. The molecule has 152 valence electrons. The first-order valence-electron chi connectivity index (χ1n) is 10.4. The van der Waals surface area contributed by atoms with E-state index >= 15 is 0 Å². The van der Waals surface area contributed by atoms with Crippen LogP contribution < -0.4 is 10.6 Å². The number of carbonyl (C=O) groups is 1. The van der Waals surface area contributed by atoms with E-state index in [9.17, 15) is 10.1 Å². The van der Waals surface area contributed by atoms with Gasteiger partial charge < -0.3 is 15.7 Å². The van der Waals surface area contributed by atoms with Gasteiger partial charge in [-0.1, -0.05) is 55.0 Å². The molecule has 0 radical (unpaired) electrons. The summed E-state index contributed by atoms with van der Waals surface area (Å²) in [6.07, 6.45) is 5.14. The van der Waals surface area contributed by atoms with Crippen LogP contribution in [0, 0.1) is 11.3 Å². The topological polar surface area (TPSA) is 85.2 Å². The maximum absolute atomic E-state index is 12.4. The zero-order chi connectivity index (χ0) is 20.5. The summed E-state index contributed by atoms with van der Waals surface area (Å²) in [6, 6.07) is 18.0. The Balaban J connectivity index is 1.57. The maximum atomic E-state index is 12.4. The van der Waals surface area contributed by atoms with Crippen molar-refractivity contribution in [3.05, 3.63) is 59.7 Å². The molecule has 2 atom stereocenters. The quantitative estimate of drug-likeness (QED) is 0.646. The Morgan fingerprint density at radius 2 is 1.76 bits per heavy atom. The molecule has 1 fully saturated rings. The molecule has 29 heavy (non-hydrogen) atoms. The Kier molecular flexibility index (Phi) is 7.80. The number of nitrogens with zero attached hydrogens (tertiary/aromatic N) is 1. The number of rotatable bonds is 8. The van der Waals surface area contributed by atoms with Crippen molar-refractivity contribution in [2.75, 3.05) is 13.2 Å². The summed E-state index contributed by atoms with van der Waals surface area (Å²) in [4.78, 5) is 12.4. The fourth-order valence-corrected chi connectivity index (χ4v) is 3.69. The molecule has 0 unspecified atom stereocenters. The lowest BCUT2D eigenvalue weighted by Crippen LogP contribution is -2.49. The third-order valence-corrected chi connectivity index (χ3v) is 5.40. The van der Waals surface area contributed by atoms with E-state index in [1.807, 2.05) is 12.1 Å². The van der Waals surface area contributed by atoms with Crippen LogP contribution in [-0.2, 0) is 17.6 Å². The number of aliphatic hydroxyl groups excluding tert-OH is 1. The lowest BCUT2D eigenvalue weighted by atomic mass is 9.99. The van der Waals surface area contributed by atoms with Crippen molar-refractivity contribution in [1.82, 2.24) is 10.6 Å². The number of amides is 1. The first kappa shape index (κ1) is 21.0. The molecule has 2 aromatic carbocycles. The number of aryl methyl sites for hydroxylation is 1. The molecule has 0 spiro atoms. The van der Waals surface area contributed by atoms with E-state index in [0.29, 0.717) is 6.42 Å². The first-order valence-corrected chi connectivity index (χ1v) is 10.4. The van der Waals surface area contributed by atoms with Crippen LogP contribution in [0.15, 0.2) is 48.5 Å². The third-order valence-electron chi connectivity index (χ3n) is 5.40.